The van der Waals surface area contributed by atoms with Gasteiger partial charge in [0.05, 0.1) is 0 Å². The summed E-state index contributed by atoms with van der Waals surface area (Å²) < 4.78 is 0. The Morgan fingerprint density at radius 3 is 2.70 bits per heavy atom. The normalized spacial score (nSPS) is 21.3. The van der Waals surface area contributed by atoms with Gasteiger partial charge in [-0.1, -0.05) is 6.92 Å². The van der Waals surface area contributed by atoms with Gasteiger partial charge in [0.15, 0.2) is 0 Å². The van der Waals surface area contributed by atoms with Gasteiger partial charge in [-0.2, -0.15) is 11.8 Å². The maximum absolute atomic E-state index is 3.38. The zero-order chi connectivity index (χ0) is 7.23. The molecule has 0 unspecified atom stereocenters. The van der Waals surface area contributed by atoms with Gasteiger partial charge in [-0.3, -0.25) is 0 Å². The van der Waals surface area contributed by atoms with Crippen molar-refractivity contribution in [2.45, 2.75) is 19.8 Å². The number of piperidine rings is 1. The van der Waals surface area contributed by atoms with Gasteiger partial charge in [0, 0.05) is 0 Å². The average Bonchev–Trinajstić information content (AvgIpc) is 2.03. The molecular formula is C8H17NS. The van der Waals surface area contributed by atoms with Crippen LogP contribution in [0.3, 0.4) is 0 Å². The van der Waals surface area contributed by atoms with Gasteiger partial charge in [-0.15, -0.1) is 0 Å². The second-order valence-electron chi connectivity index (χ2n) is 2.85. The SMILES string of the molecule is CCSCC1CCNCC1. The first-order valence-electron chi connectivity index (χ1n) is 4.22. The summed E-state index contributed by atoms with van der Waals surface area (Å²) in [6.07, 6.45) is 2.79. The van der Waals surface area contributed by atoms with Crippen molar-refractivity contribution in [3.63, 3.8) is 0 Å². The van der Waals surface area contributed by atoms with Crippen LogP contribution in [-0.4, -0.2) is 24.6 Å². The molecule has 1 rings (SSSR count). The average molecular weight is 159 g/mol. The molecule has 0 spiro atoms. The molecule has 10 heavy (non-hydrogen) atoms. The zero-order valence-corrected chi connectivity index (χ0v) is 7.54. The van der Waals surface area contributed by atoms with Crippen LogP contribution in [0.1, 0.15) is 19.8 Å². The van der Waals surface area contributed by atoms with E-state index >= 15 is 0 Å². The minimum Gasteiger partial charge on any atom is -0.317 e. The number of hydrogen-bond donors (Lipinski definition) is 1. The van der Waals surface area contributed by atoms with Crippen molar-refractivity contribution in [1.82, 2.24) is 5.32 Å². The first-order chi connectivity index (χ1) is 4.93. The molecule has 0 saturated carbocycles. The number of hydrogen-bond acceptors (Lipinski definition) is 2. The van der Waals surface area contributed by atoms with Crippen molar-refractivity contribution in [3.05, 3.63) is 0 Å². The molecule has 1 saturated heterocycles. The van der Waals surface area contributed by atoms with Crippen molar-refractivity contribution in [2.24, 2.45) is 5.92 Å². The largest absolute Gasteiger partial charge is 0.317 e. The maximum Gasteiger partial charge on any atom is -0.00383 e. The molecule has 0 bridgehead atoms. The topological polar surface area (TPSA) is 12.0 Å². The fourth-order valence-corrected chi connectivity index (χ4v) is 2.24. The Balaban J connectivity index is 2.02. The maximum atomic E-state index is 3.38. The smallest absolute Gasteiger partial charge is 0.00383 e. The van der Waals surface area contributed by atoms with Crippen LogP contribution in [-0.2, 0) is 0 Å². The lowest BCUT2D eigenvalue weighted by Gasteiger charge is -2.21. The van der Waals surface area contributed by atoms with Gasteiger partial charge in [-0.25, -0.2) is 0 Å². The number of nitrogens with one attached hydrogen (secondary N) is 1. The third-order valence-corrected chi connectivity index (χ3v) is 3.13. The van der Waals surface area contributed by atoms with E-state index in [2.05, 4.69) is 24.0 Å². The summed E-state index contributed by atoms with van der Waals surface area (Å²) in [6.45, 7) is 4.73. The van der Waals surface area contributed by atoms with Crippen LogP contribution >= 0.6 is 11.8 Å². The van der Waals surface area contributed by atoms with E-state index in [-0.39, 0.29) is 0 Å². The van der Waals surface area contributed by atoms with Gasteiger partial charge >= 0.3 is 0 Å². The molecule has 0 aromatic rings. The van der Waals surface area contributed by atoms with Gasteiger partial charge in [0.1, 0.15) is 0 Å². The van der Waals surface area contributed by atoms with E-state index in [1.165, 1.54) is 37.4 Å². The van der Waals surface area contributed by atoms with E-state index in [0.717, 1.165) is 5.92 Å². The lowest BCUT2D eigenvalue weighted by atomic mass is 10.0. The molecule has 2 heteroatoms. The van der Waals surface area contributed by atoms with Crippen LogP contribution in [0.15, 0.2) is 0 Å². The van der Waals surface area contributed by atoms with Gasteiger partial charge in [0.25, 0.3) is 0 Å². The first kappa shape index (κ1) is 8.41. The minimum absolute atomic E-state index is 1.01. The molecule has 1 N–H and O–H groups in total. The molecule has 0 aromatic carbocycles. The molecule has 0 amide bonds. The summed E-state index contributed by atoms with van der Waals surface area (Å²) in [5.41, 5.74) is 0. The molecule has 0 radical (unpaired) electrons. The summed E-state index contributed by atoms with van der Waals surface area (Å²) >= 11 is 2.09. The Labute approximate surface area is 68.0 Å². The lowest BCUT2D eigenvalue weighted by molar-refractivity contribution is 0.408. The van der Waals surface area contributed by atoms with Gasteiger partial charge < -0.3 is 5.32 Å². The van der Waals surface area contributed by atoms with E-state index in [9.17, 15) is 0 Å². The van der Waals surface area contributed by atoms with E-state index in [4.69, 9.17) is 0 Å². The van der Waals surface area contributed by atoms with E-state index in [1.807, 2.05) is 0 Å². The standard InChI is InChI=1S/C8H17NS/c1-2-10-7-8-3-5-9-6-4-8/h8-9H,2-7H2,1H3. The highest BCUT2D eigenvalue weighted by atomic mass is 32.2. The molecular weight excluding hydrogens is 142 g/mol. The quantitative estimate of drug-likeness (QED) is 0.673. The summed E-state index contributed by atoms with van der Waals surface area (Å²) in [5.74, 6) is 3.67. The van der Waals surface area contributed by atoms with Crippen LogP contribution in [0.5, 0.6) is 0 Å². The van der Waals surface area contributed by atoms with Crippen LogP contribution in [0.2, 0.25) is 0 Å². The van der Waals surface area contributed by atoms with Crippen molar-refractivity contribution < 1.29 is 0 Å². The number of thioether (sulfide) groups is 1. The van der Waals surface area contributed by atoms with Crippen molar-refractivity contribution >= 4 is 11.8 Å². The highest BCUT2D eigenvalue weighted by molar-refractivity contribution is 7.99. The second kappa shape index (κ2) is 5.03. The van der Waals surface area contributed by atoms with Crippen molar-refractivity contribution in [1.29, 1.82) is 0 Å². The lowest BCUT2D eigenvalue weighted by Crippen LogP contribution is -2.28. The Morgan fingerprint density at radius 2 is 2.10 bits per heavy atom. The predicted octanol–water partition coefficient (Wildman–Crippen LogP) is 1.74. The minimum atomic E-state index is 1.01. The highest BCUT2D eigenvalue weighted by Crippen LogP contribution is 2.17. The zero-order valence-electron chi connectivity index (χ0n) is 6.73. The van der Waals surface area contributed by atoms with E-state index in [0.29, 0.717) is 0 Å². The molecule has 1 aliphatic rings. The third kappa shape index (κ3) is 2.93. The van der Waals surface area contributed by atoms with Gasteiger partial charge in [0.2, 0.25) is 0 Å². The summed E-state index contributed by atoms with van der Waals surface area (Å²) in [6, 6.07) is 0. The predicted molar refractivity (Wildman–Crippen MR) is 48.6 cm³/mol. The van der Waals surface area contributed by atoms with Gasteiger partial charge in [-0.05, 0) is 43.4 Å². The molecule has 0 atom stereocenters. The van der Waals surface area contributed by atoms with Crippen molar-refractivity contribution in [2.75, 3.05) is 24.6 Å². The second-order valence-corrected chi connectivity index (χ2v) is 4.17. The Hall–Kier alpha value is 0.310. The first-order valence-corrected chi connectivity index (χ1v) is 5.37. The summed E-state index contributed by atoms with van der Waals surface area (Å²) in [7, 11) is 0. The Morgan fingerprint density at radius 1 is 1.40 bits per heavy atom. The monoisotopic (exact) mass is 159 g/mol. The fourth-order valence-electron chi connectivity index (χ4n) is 1.33. The molecule has 1 aliphatic heterocycles. The highest BCUT2D eigenvalue weighted by Gasteiger charge is 2.11. The Kier molecular flexibility index (Phi) is 4.23. The Bertz CT molecular complexity index is 79.3. The fraction of sp³-hybridized carbons (Fsp3) is 1.00. The van der Waals surface area contributed by atoms with Crippen LogP contribution in [0.4, 0.5) is 0 Å². The van der Waals surface area contributed by atoms with Crippen molar-refractivity contribution in [3.8, 4) is 0 Å². The van der Waals surface area contributed by atoms with Crippen LogP contribution in [0, 0.1) is 5.92 Å². The van der Waals surface area contributed by atoms with E-state index in [1.54, 1.807) is 0 Å². The third-order valence-electron chi connectivity index (χ3n) is 2.02. The molecule has 60 valence electrons. The summed E-state index contributed by atoms with van der Waals surface area (Å²) in [5, 5.41) is 3.38. The molecule has 1 heterocycles. The number of rotatable bonds is 3. The molecule has 0 aromatic heterocycles. The van der Waals surface area contributed by atoms with Crippen LogP contribution < -0.4 is 5.32 Å². The molecule has 0 aliphatic carbocycles. The van der Waals surface area contributed by atoms with E-state index < -0.39 is 0 Å². The molecule has 1 fully saturated rings. The molecule has 1 nitrogen and oxygen atoms in total. The summed E-state index contributed by atoms with van der Waals surface area (Å²) in [4.78, 5) is 0. The van der Waals surface area contributed by atoms with Crippen LogP contribution in [0.25, 0.3) is 0 Å².